The molecule has 13 heteroatoms. The molecular weight excluding hydrogens is 612 g/mol. The second-order valence-corrected chi connectivity index (χ2v) is 15.0. The number of benzene rings is 3. The standard InChI is InChI=1S/C28H28Cl2NO8PS/c1-17(40(36,39-2)21-8-5-7-20(32)16-21)10-11-19-13-23(29)26(24(30)14-19)27(33)31-25(28(34)35)15-18-6-4-9-22(12-18)41(3,37)38/h4-14,16-17,25,32H,15H2,1-3H3,(H,31,33)(H,34,35)/b11-10+/t17?,25-,40?/m0/s1. The summed E-state index contributed by atoms with van der Waals surface area (Å²) in [6.07, 6.45) is 4.09. The SMILES string of the molecule is COP(=O)(c1cccc(O)c1)C(C)/C=C/c1cc(Cl)c(C(=O)N[C@@H](Cc2cccc(S(C)(=O)=O)c2)C(=O)O)c(Cl)c1. The molecule has 0 aliphatic rings. The van der Waals surface area contributed by atoms with E-state index in [4.69, 9.17) is 27.7 Å². The number of aliphatic carboxylic acids is 1. The van der Waals surface area contributed by atoms with Gasteiger partial charge >= 0.3 is 5.97 Å². The molecule has 0 heterocycles. The Balaban J connectivity index is 1.81. The number of aromatic hydroxyl groups is 1. The Morgan fingerprint density at radius 2 is 1.71 bits per heavy atom. The van der Waals surface area contributed by atoms with Crippen LogP contribution in [0.3, 0.4) is 0 Å². The molecule has 0 saturated carbocycles. The molecule has 9 nitrogen and oxygen atoms in total. The van der Waals surface area contributed by atoms with Crippen LogP contribution in [0.15, 0.2) is 71.6 Å². The number of carboxylic acid groups (broad SMARTS) is 1. The van der Waals surface area contributed by atoms with Gasteiger partial charge in [0, 0.05) is 25.1 Å². The topological polar surface area (TPSA) is 147 Å². The molecule has 0 spiro atoms. The van der Waals surface area contributed by atoms with Gasteiger partial charge in [-0.3, -0.25) is 9.36 Å². The zero-order chi connectivity index (χ0) is 30.5. The van der Waals surface area contributed by atoms with Crippen molar-refractivity contribution < 1.29 is 37.3 Å². The van der Waals surface area contributed by atoms with E-state index >= 15 is 0 Å². The van der Waals surface area contributed by atoms with Crippen LogP contribution in [0.4, 0.5) is 0 Å². The number of amides is 1. The predicted octanol–water partition coefficient (Wildman–Crippen LogP) is 5.18. The van der Waals surface area contributed by atoms with Gasteiger partial charge in [0.25, 0.3) is 5.91 Å². The lowest BCUT2D eigenvalue weighted by Gasteiger charge is -2.21. The van der Waals surface area contributed by atoms with E-state index in [2.05, 4.69) is 5.32 Å². The van der Waals surface area contributed by atoms with Crippen molar-refractivity contribution in [3.8, 4) is 5.75 Å². The molecule has 0 aliphatic heterocycles. The number of phenols is 1. The van der Waals surface area contributed by atoms with E-state index in [1.165, 1.54) is 49.6 Å². The Morgan fingerprint density at radius 1 is 1.07 bits per heavy atom. The van der Waals surface area contributed by atoms with Gasteiger partial charge in [-0.15, -0.1) is 0 Å². The molecule has 2 unspecified atom stereocenters. The third-order valence-corrected chi connectivity index (χ3v) is 10.7. The second kappa shape index (κ2) is 13.2. The Bertz CT molecular complexity index is 1640. The van der Waals surface area contributed by atoms with Crippen molar-refractivity contribution in [3.63, 3.8) is 0 Å². The minimum Gasteiger partial charge on any atom is -0.508 e. The molecule has 0 saturated heterocycles. The number of carboxylic acids is 1. The molecule has 3 N–H and O–H groups in total. The van der Waals surface area contributed by atoms with Crippen LogP contribution in [0.1, 0.15) is 28.4 Å². The molecule has 3 rings (SSSR count). The molecule has 3 aromatic rings. The average Bonchev–Trinajstić information content (AvgIpc) is 2.90. The smallest absolute Gasteiger partial charge is 0.326 e. The molecule has 0 radical (unpaired) electrons. The summed E-state index contributed by atoms with van der Waals surface area (Å²) in [7, 11) is -5.57. The van der Waals surface area contributed by atoms with Gasteiger partial charge in [0.05, 0.1) is 26.2 Å². The van der Waals surface area contributed by atoms with Crippen LogP contribution < -0.4 is 10.6 Å². The fourth-order valence-electron chi connectivity index (χ4n) is 4.03. The second-order valence-electron chi connectivity index (χ2n) is 9.25. The van der Waals surface area contributed by atoms with E-state index in [0.717, 1.165) is 6.26 Å². The number of rotatable bonds is 11. The number of hydrogen-bond donors (Lipinski definition) is 3. The minimum atomic E-state index is -3.51. The summed E-state index contributed by atoms with van der Waals surface area (Å²) in [5.41, 5.74) is 0.130. The van der Waals surface area contributed by atoms with Crippen molar-refractivity contribution in [2.24, 2.45) is 0 Å². The van der Waals surface area contributed by atoms with Crippen LogP contribution in [0, 0.1) is 0 Å². The van der Waals surface area contributed by atoms with Crippen LogP contribution in [0.2, 0.25) is 10.0 Å². The zero-order valence-electron chi connectivity index (χ0n) is 22.2. The molecule has 218 valence electrons. The van der Waals surface area contributed by atoms with Crippen LogP contribution in [0.25, 0.3) is 6.08 Å². The maximum atomic E-state index is 13.5. The van der Waals surface area contributed by atoms with Gasteiger partial charge in [-0.2, -0.15) is 0 Å². The highest BCUT2D eigenvalue weighted by Crippen LogP contribution is 2.51. The Kier molecular flexibility index (Phi) is 10.4. The summed E-state index contributed by atoms with van der Waals surface area (Å²) < 4.78 is 42.6. The molecule has 3 atom stereocenters. The summed E-state index contributed by atoms with van der Waals surface area (Å²) in [6, 6.07) is 13.3. The van der Waals surface area contributed by atoms with Crippen LogP contribution >= 0.6 is 30.6 Å². The summed E-state index contributed by atoms with van der Waals surface area (Å²) in [5, 5.41) is 22.1. The van der Waals surface area contributed by atoms with Gasteiger partial charge in [-0.05, 0) is 60.5 Å². The van der Waals surface area contributed by atoms with Gasteiger partial charge in [0.15, 0.2) is 9.84 Å². The molecule has 1 amide bonds. The summed E-state index contributed by atoms with van der Waals surface area (Å²) >= 11 is 12.7. The number of phenolic OH excluding ortho intramolecular Hbond substituents is 1. The molecule has 0 bridgehead atoms. The van der Waals surface area contributed by atoms with Gasteiger partial charge in [-0.1, -0.05) is 53.6 Å². The molecule has 3 aromatic carbocycles. The first-order valence-corrected chi connectivity index (χ1v) is 16.4. The van der Waals surface area contributed by atoms with E-state index < -0.39 is 40.8 Å². The van der Waals surface area contributed by atoms with Crippen molar-refractivity contribution in [2.45, 2.75) is 29.9 Å². The lowest BCUT2D eigenvalue weighted by molar-refractivity contribution is -0.139. The summed E-state index contributed by atoms with van der Waals surface area (Å²) in [4.78, 5) is 24.9. The molecule has 41 heavy (non-hydrogen) atoms. The summed E-state index contributed by atoms with van der Waals surface area (Å²) in [5.74, 6) is -2.21. The zero-order valence-corrected chi connectivity index (χ0v) is 25.5. The van der Waals surface area contributed by atoms with Crippen molar-refractivity contribution in [3.05, 3.63) is 93.5 Å². The fourth-order valence-corrected chi connectivity index (χ4v) is 7.33. The van der Waals surface area contributed by atoms with Crippen molar-refractivity contribution >= 4 is 63.7 Å². The number of halogens is 2. The normalized spacial score (nSPS) is 14.8. The maximum absolute atomic E-state index is 13.5. The largest absolute Gasteiger partial charge is 0.508 e. The van der Waals surface area contributed by atoms with E-state index in [1.807, 2.05) is 0 Å². The number of sulfone groups is 1. The first kappa shape index (κ1) is 32.4. The van der Waals surface area contributed by atoms with E-state index in [0.29, 0.717) is 16.4 Å². The van der Waals surface area contributed by atoms with Gasteiger partial charge in [-0.25, -0.2) is 13.2 Å². The number of hydrogen-bond acceptors (Lipinski definition) is 7. The lowest BCUT2D eigenvalue weighted by Crippen LogP contribution is -2.42. The highest BCUT2D eigenvalue weighted by molar-refractivity contribution is 7.90. The Morgan fingerprint density at radius 3 is 2.27 bits per heavy atom. The Hall–Kier alpha value is -3.14. The van der Waals surface area contributed by atoms with Gasteiger partial charge in [0.2, 0.25) is 7.37 Å². The number of nitrogens with one attached hydrogen (secondary N) is 1. The molecular formula is C28H28Cl2NO8PS. The van der Waals surface area contributed by atoms with Crippen LogP contribution in [-0.2, 0) is 30.1 Å². The predicted molar refractivity (Wildman–Crippen MR) is 159 cm³/mol. The molecule has 0 fully saturated rings. The first-order valence-electron chi connectivity index (χ1n) is 12.1. The van der Waals surface area contributed by atoms with Crippen molar-refractivity contribution in [1.82, 2.24) is 5.32 Å². The van der Waals surface area contributed by atoms with E-state index in [9.17, 15) is 32.8 Å². The molecule has 0 aromatic heterocycles. The van der Waals surface area contributed by atoms with Crippen LogP contribution in [-0.4, -0.2) is 55.6 Å². The van der Waals surface area contributed by atoms with E-state index in [-0.39, 0.29) is 32.7 Å². The van der Waals surface area contributed by atoms with Crippen molar-refractivity contribution in [2.75, 3.05) is 13.4 Å². The van der Waals surface area contributed by atoms with Gasteiger partial charge < -0.3 is 20.1 Å². The molecule has 0 aliphatic carbocycles. The fraction of sp³-hybridized carbons (Fsp3) is 0.214. The minimum absolute atomic E-state index is 0.0262. The third-order valence-electron chi connectivity index (χ3n) is 6.23. The lowest BCUT2D eigenvalue weighted by atomic mass is 10.0. The van der Waals surface area contributed by atoms with Crippen molar-refractivity contribution in [1.29, 1.82) is 0 Å². The highest BCUT2D eigenvalue weighted by atomic mass is 35.5. The number of carbonyl (C=O) groups excluding carboxylic acids is 1. The first-order chi connectivity index (χ1) is 19.1. The van der Waals surface area contributed by atoms with Gasteiger partial charge in [0.1, 0.15) is 11.8 Å². The highest BCUT2D eigenvalue weighted by Gasteiger charge is 2.31. The average molecular weight is 640 g/mol. The summed E-state index contributed by atoms with van der Waals surface area (Å²) in [6.45, 7) is 1.69. The third kappa shape index (κ3) is 7.99. The van der Waals surface area contributed by atoms with Crippen LogP contribution in [0.5, 0.6) is 5.75 Å². The monoisotopic (exact) mass is 639 g/mol. The number of carbonyl (C=O) groups is 2. The quantitative estimate of drug-likeness (QED) is 0.243. The number of allylic oxidation sites excluding steroid dienone is 1. The van der Waals surface area contributed by atoms with E-state index in [1.54, 1.807) is 37.3 Å². The maximum Gasteiger partial charge on any atom is 0.326 e. The Labute approximate surface area is 248 Å².